The zero-order valence-electron chi connectivity index (χ0n) is 11.4. The van der Waals surface area contributed by atoms with Crippen molar-refractivity contribution in [3.05, 3.63) is 36.1 Å². The van der Waals surface area contributed by atoms with Crippen LogP contribution in [-0.4, -0.2) is 29.8 Å². The summed E-state index contributed by atoms with van der Waals surface area (Å²) in [6, 6.07) is 10.1. The van der Waals surface area contributed by atoms with Crippen LogP contribution < -0.4 is 0 Å². The van der Waals surface area contributed by atoms with Crippen molar-refractivity contribution in [2.24, 2.45) is 5.92 Å². The second-order valence-electron chi connectivity index (χ2n) is 5.69. The van der Waals surface area contributed by atoms with Crippen LogP contribution in [0.3, 0.4) is 0 Å². The highest BCUT2D eigenvalue weighted by atomic mass is 16.3. The molecule has 0 saturated carbocycles. The van der Waals surface area contributed by atoms with Gasteiger partial charge in [0.2, 0.25) is 5.78 Å². The first kappa shape index (κ1) is 12.4. The molecule has 0 bridgehead atoms. The summed E-state index contributed by atoms with van der Waals surface area (Å²) in [7, 11) is 0. The Hall–Kier alpha value is -1.61. The van der Waals surface area contributed by atoms with Gasteiger partial charge in [-0.05, 0) is 31.4 Å². The molecule has 0 amide bonds. The number of nitrogens with zero attached hydrogens (tertiary/aromatic N) is 1. The number of carbonyl (C=O) groups excluding carboxylic acids is 1. The molecule has 1 aliphatic heterocycles. The lowest BCUT2D eigenvalue weighted by Crippen LogP contribution is -2.32. The molecule has 0 N–H and O–H groups in total. The zero-order valence-corrected chi connectivity index (χ0v) is 11.4. The van der Waals surface area contributed by atoms with E-state index in [1.807, 2.05) is 30.3 Å². The Labute approximate surface area is 113 Å². The van der Waals surface area contributed by atoms with Crippen LogP contribution in [0.4, 0.5) is 0 Å². The Morgan fingerprint density at radius 3 is 2.84 bits per heavy atom. The van der Waals surface area contributed by atoms with Crippen LogP contribution in [0.5, 0.6) is 0 Å². The normalized spacial score (nSPS) is 24.1. The smallest absolute Gasteiger partial charge is 0.211 e. The van der Waals surface area contributed by atoms with Gasteiger partial charge in [-0.25, -0.2) is 0 Å². The van der Waals surface area contributed by atoms with E-state index in [0.29, 0.717) is 24.3 Å². The van der Waals surface area contributed by atoms with Crippen LogP contribution in [0.25, 0.3) is 11.0 Å². The number of carbonyl (C=O) groups is 1. The fourth-order valence-electron chi connectivity index (χ4n) is 2.99. The Kier molecular flexibility index (Phi) is 3.15. The molecule has 0 spiro atoms. The molecule has 1 saturated heterocycles. The van der Waals surface area contributed by atoms with E-state index in [1.54, 1.807) is 0 Å². The highest BCUT2D eigenvalue weighted by Crippen LogP contribution is 2.24. The van der Waals surface area contributed by atoms with Gasteiger partial charge < -0.3 is 4.42 Å². The van der Waals surface area contributed by atoms with Crippen molar-refractivity contribution in [3.63, 3.8) is 0 Å². The van der Waals surface area contributed by atoms with E-state index in [2.05, 4.69) is 18.7 Å². The number of Topliss-reactive ketones (excluding diaryl/α,β-unsaturated/α-hetero) is 1. The molecule has 3 heteroatoms. The lowest BCUT2D eigenvalue weighted by Gasteiger charge is -2.19. The fourth-order valence-corrected chi connectivity index (χ4v) is 2.99. The second-order valence-corrected chi connectivity index (χ2v) is 5.69. The molecule has 1 aromatic carbocycles. The van der Waals surface area contributed by atoms with Crippen LogP contribution in [0.15, 0.2) is 34.7 Å². The number of likely N-dealkylation sites (tertiary alicyclic amines) is 1. The monoisotopic (exact) mass is 257 g/mol. The summed E-state index contributed by atoms with van der Waals surface area (Å²) in [4.78, 5) is 14.5. The molecule has 2 aromatic rings. The van der Waals surface area contributed by atoms with Crippen LogP contribution in [0.1, 0.15) is 30.8 Å². The average molecular weight is 257 g/mol. The first-order valence-corrected chi connectivity index (χ1v) is 6.89. The van der Waals surface area contributed by atoms with Gasteiger partial charge in [-0.1, -0.05) is 25.1 Å². The molecule has 100 valence electrons. The number of rotatable bonds is 3. The quantitative estimate of drug-likeness (QED) is 0.791. The molecule has 0 aliphatic carbocycles. The zero-order chi connectivity index (χ0) is 13.4. The molecule has 3 rings (SSSR count). The minimum Gasteiger partial charge on any atom is -0.453 e. The van der Waals surface area contributed by atoms with Crippen molar-refractivity contribution in [3.8, 4) is 0 Å². The fraction of sp³-hybridized carbons (Fsp3) is 0.438. The van der Waals surface area contributed by atoms with Gasteiger partial charge in [0.05, 0.1) is 6.54 Å². The highest BCUT2D eigenvalue weighted by Gasteiger charge is 2.28. The lowest BCUT2D eigenvalue weighted by atomic mass is 10.1. The SMILES string of the molecule is CC1CC(C)N(CC(=O)c2cc3ccccc3o2)C1. The van der Waals surface area contributed by atoms with Crippen molar-refractivity contribution in [2.45, 2.75) is 26.3 Å². The summed E-state index contributed by atoms with van der Waals surface area (Å²) in [5, 5.41) is 0.994. The maximum atomic E-state index is 12.3. The third-order valence-corrected chi connectivity index (χ3v) is 3.96. The van der Waals surface area contributed by atoms with Crippen LogP contribution in [0, 0.1) is 5.92 Å². The minimum atomic E-state index is 0.0807. The number of furan rings is 1. The summed E-state index contributed by atoms with van der Waals surface area (Å²) < 4.78 is 5.63. The van der Waals surface area contributed by atoms with Gasteiger partial charge in [-0.15, -0.1) is 0 Å². The first-order valence-electron chi connectivity index (χ1n) is 6.89. The maximum Gasteiger partial charge on any atom is 0.211 e. The number of benzene rings is 1. The average Bonchev–Trinajstić information content (AvgIpc) is 2.93. The van der Waals surface area contributed by atoms with E-state index in [0.717, 1.165) is 17.5 Å². The molecular weight excluding hydrogens is 238 g/mol. The van der Waals surface area contributed by atoms with Crippen molar-refractivity contribution >= 4 is 16.8 Å². The summed E-state index contributed by atoms with van der Waals surface area (Å²) in [5.41, 5.74) is 0.786. The van der Waals surface area contributed by atoms with E-state index in [4.69, 9.17) is 4.42 Å². The minimum absolute atomic E-state index is 0.0807. The van der Waals surface area contributed by atoms with Crippen LogP contribution >= 0.6 is 0 Å². The van der Waals surface area contributed by atoms with Gasteiger partial charge in [0.1, 0.15) is 5.58 Å². The highest BCUT2D eigenvalue weighted by molar-refractivity contribution is 5.98. The largest absolute Gasteiger partial charge is 0.453 e. The predicted octanol–water partition coefficient (Wildman–Crippen LogP) is 3.35. The number of para-hydroxylation sites is 1. The topological polar surface area (TPSA) is 33.5 Å². The number of ketones is 1. The third-order valence-electron chi connectivity index (χ3n) is 3.96. The molecule has 2 unspecified atom stereocenters. The molecule has 3 nitrogen and oxygen atoms in total. The van der Waals surface area contributed by atoms with Crippen LogP contribution in [-0.2, 0) is 0 Å². The Morgan fingerprint density at radius 1 is 1.37 bits per heavy atom. The van der Waals surface area contributed by atoms with E-state index in [9.17, 15) is 4.79 Å². The molecule has 1 fully saturated rings. The Morgan fingerprint density at radius 2 is 2.16 bits per heavy atom. The molecular formula is C16H19NO2. The van der Waals surface area contributed by atoms with Gasteiger partial charge in [0, 0.05) is 18.0 Å². The lowest BCUT2D eigenvalue weighted by molar-refractivity contribution is 0.0899. The summed E-state index contributed by atoms with van der Waals surface area (Å²) >= 11 is 0. The van der Waals surface area contributed by atoms with Gasteiger partial charge in [0.15, 0.2) is 5.76 Å². The number of fused-ring (bicyclic) bond motifs is 1. The third kappa shape index (κ3) is 2.43. The molecule has 2 heterocycles. The standard InChI is InChI=1S/C16H19NO2/c1-11-7-12(2)17(9-11)10-14(18)16-8-13-5-3-4-6-15(13)19-16/h3-6,8,11-12H,7,9-10H2,1-2H3. The molecule has 19 heavy (non-hydrogen) atoms. The molecule has 1 aliphatic rings. The Bertz CT molecular complexity index is 569. The van der Waals surface area contributed by atoms with Crippen molar-refractivity contribution in [2.75, 3.05) is 13.1 Å². The summed E-state index contributed by atoms with van der Waals surface area (Å²) in [6.07, 6.45) is 1.17. The predicted molar refractivity (Wildman–Crippen MR) is 75.4 cm³/mol. The van der Waals surface area contributed by atoms with E-state index in [1.165, 1.54) is 6.42 Å². The van der Waals surface area contributed by atoms with Gasteiger partial charge >= 0.3 is 0 Å². The van der Waals surface area contributed by atoms with Crippen molar-refractivity contribution < 1.29 is 9.21 Å². The van der Waals surface area contributed by atoms with E-state index >= 15 is 0 Å². The number of hydrogen-bond donors (Lipinski definition) is 0. The number of hydrogen-bond acceptors (Lipinski definition) is 3. The molecule has 2 atom stereocenters. The molecule has 0 radical (unpaired) electrons. The molecule has 1 aromatic heterocycles. The first-order chi connectivity index (χ1) is 9.13. The summed E-state index contributed by atoms with van der Waals surface area (Å²) in [6.45, 7) is 5.90. The Balaban J connectivity index is 1.76. The van der Waals surface area contributed by atoms with Gasteiger partial charge in [0.25, 0.3) is 0 Å². The van der Waals surface area contributed by atoms with Crippen LogP contribution in [0.2, 0.25) is 0 Å². The van der Waals surface area contributed by atoms with Gasteiger partial charge in [-0.3, -0.25) is 9.69 Å². The van der Waals surface area contributed by atoms with Gasteiger partial charge in [-0.2, -0.15) is 0 Å². The van der Waals surface area contributed by atoms with Crippen molar-refractivity contribution in [1.82, 2.24) is 4.90 Å². The van der Waals surface area contributed by atoms with E-state index < -0.39 is 0 Å². The second kappa shape index (κ2) is 4.82. The summed E-state index contributed by atoms with van der Waals surface area (Å²) in [5.74, 6) is 1.24. The van der Waals surface area contributed by atoms with Crippen molar-refractivity contribution in [1.29, 1.82) is 0 Å². The van der Waals surface area contributed by atoms with E-state index in [-0.39, 0.29) is 5.78 Å². The maximum absolute atomic E-state index is 12.3.